The first kappa shape index (κ1) is 44.4. The highest BCUT2D eigenvalue weighted by Crippen LogP contribution is 2.10. The Labute approximate surface area is 300 Å². The van der Waals surface area contributed by atoms with Crippen molar-refractivity contribution in [3.63, 3.8) is 0 Å². The molecule has 288 valence electrons. The molecule has 0 aromatic heterocycles. The Morgan fingerprint density at radius 2 is 1.08 bits per heavy atom. The summed E-state index contributed by atoms with van der Waals surface area (Å²) in [5.74, 6) is -9.33. The molecule has 0 heterocycles. The number of carboxylic acid groups (broad SMARTS) is 3. The van der Waals surface area contributed by atoms with Gasteiger partial charge in [-0.1, -0.05) is 44.2 Å². The van der Waals surface area contributed by atoms with E-state index in [0.29, 0.717) is 5.56 Å². The average molecular weight is 736 g/mol. The summed E-state index contributed by atoms with van der Waals surface area (Å²) in [5.41, 5.74) is 11.4. The Hall–Kier alpha value is -5.59. The summed E-state index contributed by atoms with van der Waals surface area (Å²) in [7, 11) is 0. The number of hydrogen-bond donors (Lipinski definition) is 10. The zero-order valence-corrected chi connectivity index (χ0v) is 29.3. The molecule has 0 spiro atoms. The third-order valence-electron chi connectivity index (χ3n) is 7.59. The SMILES string of the molecule is CC(C)C[C@H](NC(=O)[C@H](C)NC(=O)[C@@H](N)CCC(=O)O)C(=O)N[C@@H](CCC(=O)O)C(=O)N[C@@H](Cc1ccccc1)C(=O)N[C@@H](CCC(N)=O)C(=O)O. The van der Waals surface area contributed by atoms with E-state index in [9.17, 15) is 53.4 Å². The Kier molecular flexibility index (Phi) is 19.0. The number of nitrogens with two attached hydrogens (primary N) is 2. The van der Waals surface area contributed by atoms with Gasteiger partial charge in [0.2, 0.25) is 35.4 Å². The van der Waals surface area contributed by atoms with Crippen molar-refractivity contribution in [1.29, 1.82) is 0 Å². The van der Waals surface area contributed by atoms with Crippen molar-refractivity contribution >= 4 is 53.4 Å². The van der Waals surface area contributed by atoms with Crippen LogP contribution < -0.4 is 38.1 Å². The molecule has 0 fully saturated rings. The van der Waals surface area contributed by atoms with E-state index >= 15 is 0 Å². The lowest BCUT2D eigenvalue weighted by Gasteiger charge is -2.27. The molecule has 19 heteroatoms. The first-order valence-electron chi connectivity index (χ1n) is 16.6. The minimum Gasteiger partial charge on any atom is -0.481 e. The Bertz CT molecular complexity index is 1440. The Balaban J connectivity index is 3.24. The van der Waals surface area contributed by atoms with Crippen LogP contribution in [0.5, 0.6) is 0 Å². The molecule has 0 aliphatic heterocycles. The van der Waals surface area contributed by atoms with Crippen LogP contribution >= 0.6 is 0 Å². The van der Waals surface area contributed by atoms with E-state index < -0.39 is 102 Å². The standard InChI is InChI=1S/C33H49N7O12/c1-17(2)15-23(39-28(46)18(3)36-29(47)20(34)9-13-26(42)43)31(49)37-21(11-14-27(44)45)30(48)40-24(16-19-7-5-4-6-8-19)32(50)38-22(33(51)52)10-12-25(35)41/h4-8,17-18,20-24H,9-16,34H2,1-3H3,(H2,35,41)(H,36,47)(H,37,49)(H,38,50)(H,39,46)(H,40,48)(H,42,43)(H,44,45)(H,51,52)/t18-,20-,21-,22-,23-,24-/m0/s1. The second-order valence-corrected chi connectivity index (χ2v) is 12.6. The number of rotatable bonds is 24. The maximum atomic E-state index is 13.6. The topological polar surface area (TPSA) is 327 Å². The third kappa shape index (κ3) is 17.4. The molecule has 0 aliphatic rings. The summed E-state index contributed by atoms with van der Waals surface area (Å²) in [6.07, 6.45) is -2.37. The van der Waals surface area contributed by atoms with Crippen LogP contribution in [0.15, 0.2) is 30.3 Å². The molecule has 0 saturated carbocycles. The molecule has 0 bridgehead atoms. The highest BCUT2D eigenvalue weighted by atomic mass is 16.4. The number of aliphatic carboxylic acids is 3. The number of hydrogen-bond acceptors (Lipinski definition) is 10. The van der Waals surface area contributed by atoms with Crippen LogP contribution in [0, 0.1) is 5.92 Å². The van der Waals surface area contributed by atoms with Crippen LogP contribution in [0.3, 0.4) is 0 Å². The van der Waals surface area contributed by atoms with Gasteiger partial charge in [-0.15, -0.1) is 0 Å². The summed E-state index contributed by atoms with van der Waals surface area (Å²) < 4.78 is 0. The molecule has 6 amide bonds. The molecule has 0 radical (unpaired) electrons. The van der Waals surface area contributed by atoms with Gasteiger partial charge in [0.15, 0.2) is 0 Å². The molecule has 12 N–H and O–H groups in total. The van der Waals surface area contributed by atoms with Gasteiger partial charge in [0, 0.05) is 25.7 Å². The molecule has 19 nitrogen and oxygen atoms in total. The highest BCUT2D eigenvalue weighted by Gasteiger charge is 2.33. The van der Waals surface area contributed by atoms with E-state index in [0.717, 1.165) is 0 Å². The predicted octanol–water partition coefficient (Wildman–Crippen LogP) is -1.87. The normalized spacial score (nSPS) is 14.3. The lowest BCUT2D eigenvalue weighted by molar-refractivity contribution is -0.142. The molecular formula is C33H49N7O12. The molecule has 52 heavy (non-hydrogen) atoms. The highest BCUT2D eigenvalue weighted by molar-refractivity contribution is 5.96. The second-order valence-electron chi connectivity index (χ2n) is 12.6. The number of carbonyl (C=O) groups is 9. The van der Waals surface area contributed by atoms with Gasteiger partial charge >= 0.3 is 17.9 Å². The van der Waals surface area contributed by atoms with Crippen LogP contribution in [0.4, 0.5) is 0 Å². The maximum Gasteiger partial charge on any atom is 0.326 e. The Morgan fingerprint density at radius 3 is 1.62 bits per heavy atom. The van der Waals surface area contributed by atoms with Gasteiger partial charge in [0.1, 0.15) is 30.2 Å². The monoisotopic (exact) mass is 735 g/mol. The smallest absolute Gasteiger partial charge is 0.326 e. The lowest BCUT2D eigenvalue weighted by Crippen LogP contribution is -2.59. The van der Waals surface area contributed by atoms with E-state index in [2.05, 4.69) is 26.6 Å². The van der Waals surface area contributed by atoms with Crippen molar-refractivity contribution in [2.75, 3.05) is 0 Å². The number of carboxylic acids is 3. The van der Waals surface area contributed by atoms with E-state index in [1.54, 1.807) is 44.2 Å². The summed E-state index contributed by atoms with van der Waals surface area (Å²) in [6.45, 7) is 4.80. The zero-order chi connectivity index (χ0) is 39.5. The minimum atomic E-state index is -1.55. The predicted molar refractivity (Wildman–Crippen MR) is 183 cm³/mol. The van der Waals surface area contributed by atoms with Crippen molar-refractivity contribution < 1.29 is 58.5 Å². The van der Waals surface area contributed by atoms with Crippen LogP contribution in [-0.2, 0) is 49.6 Å². The fourth-order valence-corrected chi connectivity index (χ4v) is 4.75. The van der Waals surface area contributed by atoms with Gasteiger partial charge in [-0.3, -0.25) is 38.4 Å². The van der Waals surface area contributed by atoms with Crippen LogP contribution in [0.1, 0.15) is 71.3 Å². The second kappa shape index (κ2) is 22.3. The number of benzene rings is 1. The average Bonchev–Trinajstić information content (AvgIpc) is 3.06. The van der Waals surface area contributed by atoms with Gasteiger partial charge in [-0.25, -0.2) is 4.79 Å². The van der Waals surface area contributed by atoms with Crippen LogP contribution in [0.2, 0.25) is 0 Å². The number of nitrogens with one attached hydrogen (secondary N) is 5. The van der Waals surface area contributed by atoms with Crippen LogP contribution in [0.25, 0.3) is 0 Å². The largest absolute Gasteiger partial charge is 0.481 e. The summed E-state index contributed by atoms with van der Waals surface area (Å²) >= 11 is 0. The number of carbonyl (C=O) groups excluding carboxylic acids is 6. The summed E-state index contributed by atoms with van der Waals surface area (Å²) in [4.78, 5) is 111. The molecular weight excluding hydrogens is 686 g/mol. The molecule has 0 unspecified atom stereocenters. The number of amides is 6. The molecule has 6 atom stereocenters. The zero-order valence-electron chi connectivity index (χ0n) is 29.3. The van der Waals surface area contributed by atoms with Crippen molar-refractivity contribution in [3.05, 3.63) is 35.9 Å². The first-order chi connectivity index (χ1) is 24.3. The van der Waals surface area contributed by atoms with Gasteiger partial charge in [0.25, 0.3) is 0 Å². The summed E-state index contributed by atoms with van der Waals surface area (Å²) in [5, 5.41) is 39.8. The van der Waals surface area contributed by atoms with Gasteiger partial charge < -0.3 is 53.4 Å². The van der Waals surface area contributed by atoms with Crippen molar-refractivity contribution in [2.24, 2.45) is 17.4 Å². The quantitative estimate of drug-likeness (QED) is 0.0557. The van der Waals surface area contributed by atoms with E-state index in [1.165, 1.54) is 6.92 Å². The van der Waals surface area contributed by atoms with Gasteiger partial charge in [0.05, 0.1) is 6.04 Å². The van der Waals surface area contributed by atoms with Crippen molar-refractivity contribution in [1.82, 2.24) is 26.6 Å². The molecule has 1 aromatic rings. The van der Waals surface area contributed by atoms with E-state index in [4.69, 9.17) is 16.6 Å². The van der Waals surface area contributed by atoms with E-state index in [1.807, 2.05) is 0 Å². The number of primary amides is 1. The van der Waals surface area contributed by atoms with Crippen molar-refractivity contribution in [3.8, 4) is 0 Å². The minimum absolute atomic E-state index is 0.0462. The van der Waals surface area contributed by atoms with E-state index in [-0.39, 0.29) is 44.4 Å². The van der Waals surface area contributed by atoms with Gasteiger partial charge in [-0.2, -0.15) is 0 Å². The first-order valence-corrected chi connectivity index (χ1v) is 16.6. The summed E-state index contributed by atoms with van der Waals surface area (Å²) in [6, 6.07) is 0.105. The molecule has 1 aromatic carbocycles. The fraction of sp³-hybridized carbons (Fsp3) is 0.545. The Morgan fingerprint density at radius 1 is 0.596 bits per heavy atom. The molecule has 0 aliphatic carbocycles. The fourth-order valence-electron chi connectivity index (χ4n) is 4.75. The third-order valence-corrected chi connectivity index (χ3v) is 7.59. The van der Waals surface area contributed by atoms with Crippen LogP contribution in [-0.4, -0.2) is 105 Å². The molecule has 0 saturated heterocycles. The van der Waals surface area contributed by atoms with Crippen molar-refractivity contribution in [2.45, 2.75) is 108 Å². The van der Waals surface area contributed by atoms with Gasteiger partial charge in [-0.05, 0) is 44.1 Å². The molecule has 1 rings (SSSR count). The lowest BCUT2D eigenvalue weighted by atomic mass is 10.0. The maximum absolute atomic E-state index is 13.6.